The summed E-state index contributed by atoms with van der Waals surface area (Å²) in [5, 5.41) is 0.692. The first-order valence-electron chi connectivity index (χ1n) is 10.5. The van der Waals surface area contributed by atoms with Crippen LogP contribution in [0.4, 0.5) is 5.13 Å². The van der Waals surface area contributed by atoms with Crippen molar-refractivity contribution in [1.82, 2.24) is 9.88 Å². The third kappa shape index (κ3) is 5.15. The standard InChI is InChI=1S/C23H27N3O4S/c1-3-30-19-8-9-20-21(16-19)31-23(24-20)26(11-10-25-12-14-29-15-13-25)22(27)17-4-6-18(28-2)7-5-17/h4-9,16H,3,10-15H2,1-2H3. The van der Waals surface area contributed by atoms with E-state index in [1.54, 1.807) is 36.3 Å². The van der Waals surface area contributed by atoms with Crippen LogP contribution in [-0.2, 0) is 4.74 Å². The first-order chi connectivity index (χ1) is 15.2. The molecule has 0 saturated carbocycles. The van der Waals surface area contributed by atoms with Gasteiger partial charge in [0.2, 0.25) is 0 Å². The van der Waals surface area contributed by atoms with Crippen LogP contribution in [0.25, 0.3) is 10.2 Å². The smallest absolute Gasteiger partial charge is 0.260 e. The molecule has 0 aliphatic carbocycles. The second-order valence-corrected chi connectivity index (χ2v) is 8.21. The number of anilines is 1. The zero-order chi connectivity index (χ0) is 21.6. The van der Waals surface area contributed by atoms with Crippen molar-refractivity contribution in [3.8, 4) is 11.5 Å². The van der Waals surface area contributed by atoms with E-state index in [1.165, 1.54) is 11.3 Å². The summed E-state index contributed by atoms with van der Waals surface area (Å²) in [5.74, 6) is 1.46. The van der Waals surface area contributed by atoms with Gasteiger partial charge in [-0.1, -0.05) is 11.3 Å². The van der Waals surface area contributed by atoms with Gasteiger partial charge >= 0.3 is 0 Å². The van der Waals surface area contributed by atoms with Crippen LogP contribution >= 0.6 is 11.3 Å². The molecule has 0 atom stereocenters. The molecule has 1 fully saturated rings. The van der Waals surface area contributed by atoms with Crippen molar-refractivity contribution in [3.63, 3.8) is 0 Å². The first-order valence-corrected chi connectivity index (χ1v) is 11.3. The minimum absolute atomic E-state index is 0.0694. The van der Waals surface area contributed by atoms with Gasteiger partial charge in [0.25, 0.3) is 5.91 Å². The monoisotopic (exact) mass is 441 g/mol. The predicted molar refractivity (Wildman–Crippen MR) is 123 cm³/mol. The molecule has 0 bridgehead atoms. The van der Waals surface area contributed by atoms with Crippen molar-refractivity contribution in [2.75, 3.05) is 58.0 Å². The number of benzene rings is 2. The summed E-state index contributed by atoms with van der Waals surface area (Å²) >= 11 is 1.51. The van der Waals surface area contributed by atoms with Gasteiger partial charge in [0, 0.05) is 31.7 Å². The number of ether oxygens (including phenoxy) is 3. The molecular weight excluding hydrogens is 414 g/mol. The molecule has 2 aromatic carbocycles. The highest BCUT2D eigenvalue weighted by molar-refractivity contribution is 7.22. The molecule has 2 heterocycles. The van der Waals surface area contributed by atoms with Gasteiger partial charge < -0.3 is 14.2 Å². The molecule has 0 unspecified atom stereocenters. The van der Waals surface area contributed by atoms with E-state index < -0.39 is 0 Å². The highest BCUT2D eigenvalue weighted by Crippen LogP contribution is 2.32. The fourth-order valence-electron chi connectivity index (χ4n) is 3.50. The van der Waals surface area contributed by atoms with E-state index in [1.807, 2.05) is 25.1 Å². The summed E-state index contributed by atoms with van der Waals surface area (Å²) in [6, 6.07) is 13.0. The van der Waals surface area contributed by atoms with E-state index >= 15 is 0 Å². The quantitative estimate of drug-likeness (QED) is 0.531. The Kier molecular flexibility index (Phi) is 7.01. The number of carbonyl (C=O) groups excluding carboxylic acids is 1. The van der Waals surface area contributed by atoms with Gasteiger partial charge in [-0.15, -0.1) is 0 Å². The number of nitrogens with zero attached hydrogens (tertiary/aromatic N) is 3. The van der Waals surface area contributed by atoms with Crippen molar-refractivity contribution in [3.05, 3.63) is 48.0 Å². The van der Waals surface area contributed by atoms with E-state index in [2.05, 4.69) is 4.90 Å². The topological polar surface area (TPSA) is 64.1 Å². The number of carbonyl (C=O) groups is 1. The molecule has 7 nitrogen and oxygen atoms in total. The number of thiazole rings is 1. The molecule has 8 heteroatoms. The zero-order valence-electron chi connectivity index (χ0n) is 17.9. The Hall–Kier alpha value is -2.68. The molecule has 0 N–H and O–H groups in total. The van der Waals surface area contributed by atoms with Crippen LogP contribution in [0.1, 0.15) is 17.3 Å². The highest BCUT2D eigenvalue weighted by Gasteiger charge is 2.23. The average Bonchev–Trinajstić information content (AvgIpc) is 3.23. The number of aromatic nitrogens is 1. The molecule has 1 aromatic heterocycles. The minimum Gasteiger partial charge on any atom is -0.497 e. The maximum absolute atomic E-state index is 13.4. The Morgan fingerprint density at radius 2 is 1.90 bits per heavy atom. The van der Waals surface area contributed by atoms with Crippen LogP contribution in [0.3, 0.4) is 0 Å². The van der Waals surface area contributed by atoms with Crippen LogP contribution in [-0.4, -0.2) is 68.9 Å². The highest BCUT2D eigenvalue weighted by atomic mass is 32.1. The molecule has 1 amide bonds. The number of amides is 1. The first kappa shape index (κ1) is 21.5. The fraction of sp³-hybridized carbons (Fsp3) is 0.391. The maximum atomic E-state index is 13.4. The predicted octanol–water partition coefficient (Wildman–Crippen LogP) is 3.68. The minimum atomic E-state index is -0.0694. The lowest BCUT2D eigenvalue weighted by atomic mass is 10.2. The number of hydrogen-bond acceptors (Lipinski definition) is 7. The van der Waals surface area contributed by atoms with E-state index in [0.717, 1.165) is 54.6 Å². The largest absolute Gasteiger partial charge is 0.497 e. The number of morpholine rings is 1. The lowest BCUT2D eigenvalue weighted by molar-refractivity contribution is 0.0391. The van der Waals surface area contributed by atoms with Crippen molar-refractivity contribution in [1.29, 1.82) is 0 Å². The normalized spacial score (nSPS) is 14.5. The van der Waals surface area contributed by atoms with Crippen molar-refractivity contribution < 1.29 is 19.0 Å². The van der Waals surface area contributed by atoms with Crippen LogP contribution in [0.2, 0.25) is 0 Å². The Morgan fingerprint density at radius 3 is 2.61 bits per heavy atom. The Bertz CT molecular complexity index is 1020. The zero-order valence-corrected chi connectivity index (χ0v) is 18.7. The van der Waals surface area contributed by atoms with Crippen molar-refractivity contribution >= 4 is 32.6 Å². The number of methoxy groups -OCH3 is 1. The summed E-state index contributed by atoms with van der Waals surface area (Å²) in [7, 11) is 1.61. The van der Waals surface area contributed by atoms with Gasteiger partial charge in [-0.2, -0.15) is 0 Å². The summed E-state index contributed by atoms with van der Waals surface area (Å²) in [5.41, 5.74) is 1.47. The average molecular weight is 442 g/mol. The number of hydrogen-bond donors (Lipinski definition) is 0. The van der Waals surface area contributed by atoms with Gasteiger partial charge in [-0.05, 0) is 49.4 Å². The van der Waals surface area contributed by atoms with E-state index in [0.29, 0.717) is 23.8 Å². The van der Waals surface area contributed by atoms with Crippen LogP contribution in [0, 0.1) is 0 Å². The second-order valence-electron chi connectivity index (χ2n) is 7.20. The summed E-state index contributed by atoms with van der Waals surface area (Å²) < 4.78 is 17.3. The Labute approximate surface area is 186 Å². The lowest BCUT2D eigenvalue weighted by Gasteiger charge is -2.29. The summed E-state index contributed by atoms with van der Waals surface area (Å²) in [6.45, 7) is 7.11. The summed E-state index contributed by atoms with van der Waals surface area (Å²) in [4.78, 5) is 22.3. The number of fused-ring (bicyclic) bond motifs is 1. The van der Waals surface area contributed by atoms with E-state index in [4.69, 9.17) is 19.2 Å². The molecule has 0 radical (unpaired) electrons. The van der Waals surface area contributed by atoms with Gasteiger partial charge in [0.15, 0.2) is 5.13 Å². The SMILES string of the molecule is CCOc1ccc2nc(N(CCN3CCOCC3)C(=O)c3ccc(OC)cc3)sc2c1. The van der Waals surface area contributed by atoms with Gasteiger partial charge in [-0.3, -0.25) is 14.6 Å². The van der Waals surface area contributed by atoms with E-state index in [9.17, 15) is 4.79 Å². The van der Waals surface area contributed by atoms with Crippen LogP contribution in [0.15, 0.2) is 42.5 Å². The molecule has 1 aliphatic rings. The molecule has 3 aromatic rings. The van der Waals surface area contributed by atoms with Crippen LogP contribution in [0.5, 0.6) is 11.5 Å². The molecular formula is C23H27N3O4S. The Morgan fingerprint density at radius 1 is 1.16 bits per heavy atom. The van der Waals surface area contributed by atoms with E-state index in [-0.39, 0.29) is 5.91 Å². The molecule has 4 rings (SSSR count). The number of rotatable bonds is 8. The molecule has 1 aliphatic heterocycles. The van der Waals surface area contributed by atoms with Crippen LogP contribution < -0.4 is 14.4 Å². The molecule has 0 spiro atoms. The lowest BCUT2D eigenvalue weighted by Crippen LogP contribution is -2.43. The van der Waals surface area contributed by atoms with Crippen molar-refractivity contribution in [2.45, 2.75) is 6.92 Å². The van der Waals surface area contributed by atoms with Gasteiger partial charge in [0.1, 0.15) is 11.5 Å². The summed E-state index contributed by atoms with van der Waals surface area (Å²) in [6.07, 6.45) is 0. The fourth-order valence-corrected chi connectivity index (χ4v) is 4.52. The third-order valence-electron chi connectivity index (χ3n) is 5.22. The van der Waals surface area contributed by atoms with Gasteiger partial charge in [0.05, 0.1) is 37.1 Å². The third-order valence-corrected chi connectivity index (χ3v) is 6.26. The Balaban J connectivity index is 1.61. The molecule has 164 valence electrons. The second kappa shape index (κ2) is 10.1. The maximum Gasteiger partial charge on any atom is 0.260 e. The molecule has 31 heavy (non-hydrogen) atoms. The molecule has 1 saturated heterocycles. The van der Waals surface area contributed by atoms with Gasteiger partial charge in [-0.25, -0.2) is 4.98 Å². The van der Waals surface area contributed by atoms with Crippen molar-refractivity contribution in [2.24, 2.45) is 0 Å².